The van der Waals surface area contributed by atoms with Gasteiger partial charge in [-0.25, -0.2) is 4.79 Å². The van der Waals surface area contributed by atoms with E-state index in [4.69, 9.17) is 11.6 Å². The number of carboxylic acid groups (broad SMARTS) is 1. The number of carbonyl (C=O) groups is 2. The number of aromatic carboxylic acids is 1. The van der Waals surface area contributed by atoms with Crippen LogP contribution in [0.5, 0.6) is 0 Å². The SMILES string of the molecule is O=C(CCl)Nc1cccc(Nc2cccc(C(F)(F)P)c2)c1C(=O)O. The maximum absolute atomic E-state index is 13.4. The Kier molecular flexibility index (Phi) is 5.93. The summed E-state index contributed by atoms with van der Waals surface area (Å²) in [6.07, 6.45) is 0. The Bertz CT molecular complexity index is 812. The fourth-order valence-corrected chi connectivity index (χ4v) is 2.38. The van der Waals surface area contributed by atoms with E-state index in [0.29, 0.717) is 0 Å². The van der Waals surface area contributed by atoms with Crippen molar-refractivity contribution in [3.05, 3.63) is 53.6 Å². The van der Waals surface area contributed by atoms with Crippen LogP contribution in [0.25, 0.3) is 0 Å². The molecule has 0 aliphatic heterocycles. The first-order valence-electron chi connectivity index (χ1n) is 6.98. The minimum atomic E-state index is -3.11. The summed E-state index contributed by atoms with van der Waals surface area (Å²) in [4.78, 5) is 23.0. The lowest BCUT2D eigenvalue weighted by Crippen LogP contribution is -2.16. The summed E-state index contributed by atoms with van der Waals surface area (Å²) < 4.78 is 26.8. The lowest BCUT2D eigenvalue weighted by atomic mass is 10.1. The molecular weight excluding hydrogens is 373 g/mol. The zero-order valence-electron chi connectivity index (χ0n) is 12.7. The Labute approximate surface area is 149 Å². The summed E-state index contributed by atoms with van der Waals surface area (Å²) >= 11 is 5.42. The molecule has 25 heavy (non-hydrogen) atoms. The monoisotopic (exact) mass is 386 g/mol. The first-order valence-corrected chi connectivity index (χ1v) is 8.10. The van der Waals surface area contributed by atoms with Crippen LogP contribution in [-0.2, 0) is 10.5 Å². The predicted molar refractivity (Wildman–Crippen MR) is 96.1 cm³/mol. The molecule has 2 rings (SSSR count). The van der Waals surface area contributed by atoms with Gasteiger partial charge >= 0.3 is 5.97 Å². The number of nitrogens with one attached hydrogen (secondary N) is 2. The standard InChI is InChI=1S/C16H14ClF2N2O3P/c17-8-13(22)21-12-6-2-5-11(14(12)15(23)24)20-10-4-1-3-9(7-10)16(18,19)25/h1-7,20H,8,25H2,(H,21,22)(H,23,24). The summed E-state index contributed by atoms with van der Waals surface area (Å²) in [5.41, 5.74) is -3.08. The van der Waals surface area contributed by atoms with Crippen LogP contribution in [0.2, 0.25) is 0 Å². The van der Waals surface area contributed by atoms with Crippen molar-refractivity contribution in [2.75, 3.05) is 16.5 Å². The predicted octanol–water partition coefficient (Wildman–Crippen LogP) is 4.23. The molecule has 0 saturated heterocycles. The molecule has 132 valence electrons. The molecule has 3 N–H and O–H groups in total. The number of amides is 1. The molecule has 9 heteroatoms. The van der Waals surface area contributed by atoms with Crippen LogP contribution in [0.15, 0.2) is 42.5 Å². The van der Waals surface area contributed by atoms with Crippen LogP contribution >= 0.6 is 20.8 Å². The molecule has 0 aliphatic carbocycles. The molecule has 0 aromatic heterocycles. The molecule has 0 aliphatic rings. The van der Waals surface area contributed by atoms with Crippen LogP contribution < -0.4 is 10.6 Å². The number of alkyl halides is 3. The van der Waals surface area contributed by atoms with Crippen molar-refractivity contribution in [3.63, 3.8) is 0 Å². The van der Waals surface area contributed by atoms with Gasteiger partial charge in [0, 0.05) is 11.3 Å². The number of benzene rings is 2. The second-order valence-corrected chi connectivity index (χ2v) is 6.04. The molecule has 5 nitrogen and oxygen atoms in total. The molecule has 0 spiro atoms. The molecule has 2 aromatic carbocycles. The van der Waals surface area contributed by atoms with Crippen molar-refractivity contribution in [1.29, 1.82) is 0 Å². The minimum absolute atomic E-state index is 0.0516. The third kappa shape index (κ3) is 4.87. The number of halogens is 3. The molecule has 0 radical (unpaired) electrons. The largest absolute Gasteiger partial charge is 0.478 e. The fourth-order valence-electron chi connectivity index (χ4n) is 2.13. The number of carbonyl (C=O) groups excluding carboxylic acids is 1. The first-order chi connectivity index (χ1) is 11.7. The second kappa shape index (κ2) is 7.76. The van der Waals surface area contributed by atoms with E-state index in [1.165, 1.54) is 51.7 Å². The number of rotatable bonds is 6. The molecule has 1 atom stereocenters. The average Bonchev–Trinajstić information content (AvgIpc) is 2.54. The number of anilines is 3. The number of hydrogen-bond donors (Lipinski definition) is 3. The Morgan fingerprint density at radius 3 is 2.40 bits per heavy atom. The van der Waals surface area contributed by atoms with E-state index in [-0.39, 0.29) is 34.1 Å². The third-order valence-corrected chi connectivity index (χ3v) is 3.78. The smallest absolute Gasteiger partial charge is 0.339 e. The molecule has 1 amide bonds. The van der Waals surface area contributed by atoms with Gasteiger partial charge in [-0.3, -0.25) is 4.79 Å². The van der Waals surface area contributed by atoms with Gasteiger partial charge in [0.2, 0.25) is 5.91 Å². The average molecular weight is 387 g/mol. The van der Waals surface area contributed by atoms with E-state index in [2.05, 4.69) is 10.6 Å². The van der Waals surface area contributed by atoms with Gasteiger partial charge in [-0.05, 0) is 24.3 Å². The highest BCUT2D eigenvalue weighted by molar-refractivity contribution is 7.17. The zero-order chi connectivity index (χ0) is 18.6. The van der Waals surface area contributed by atoms with Crippen molar-refractivity contribution < 1.29 is 23.5 Å². The Morgan fingerprint density at radius 2 is 1.80 bits per heavy atom. The summed E-state index contributed by atoms with van der Waals surface area (Å²) in [7, 11) is 1.44. The van der Waals surface area contributed by atoms with Gasteiger partial charge in [-0.1, -0.05) is 27.4 Å². The maximum atomic E-state index is 13.4. The van der Waals surface area contributed by atoms with Crippen LogP contribution in [0.1, 0.15) is 15.9 Å². The van der Waals surface area contributed by atoms with Gasteiger partial charge in [0.25, 0.3) is 5.66 Å². The third-order valence-electron chi connectivity index (χ3n) is 3.20. The van der Waals surface area contributed by atoms with Crippen molar-refractivity contribution >= 4 is 49.8 Å². The molecule has 1 unspecified atom stereocenters. The number of carboxylic acids is 1. The van der Waals surface area contributed by atoms with E-state index < -0.39 is 17.5 Å². The summed E-state index contributed by atoms with van der Waals surface area (Å²) in [5.74, 6) is -2.19. The lowest BCUT2D eigenvalue weighted by Gasteiger charge is -2.16. The van der Waals surface area contributed by atoms with Gasteiger partial charge in [-0.2, -0.15) is 8.78 Å². The molecular formula is C16H14ClF2N2O3P. The van der Waals surface area contributed by atoms with Crippen molar-refractivity contribution in [2.24, 2.45) is 0 Å². The van der Waals surface area contributed by atoms with Gasteiger partial charge in [0.15, 0.2) is 0 Å². The second-order valence-electron chi connectivity index (χ2n) is 5.04. The van der Waals surface area contributed by atoms with Gasteiger partial charge in [0.1, 0.15) is 11.4 Å². The zero-order valence-corrected chi connectivity index (χ0v) is 14.6. The molecule has 0 saturated carbocycles. The van der Waals surface area contributed by atoms with Gasteiger partial charge in [-0.15, -0.1) is 11.6 Å². The van der Waals surface area contributed by atoms with E-state index >= 15 is 0 Å². The van der Waals surface area contributed by atoms with Crippen LogP contribution in [0, 0.1) is 0 Å². The Balaban J connectivity index is 2.41. The van der Waals surface area contributed by atoms with E-state index in [1.54, 1.807) is 0 Å². The molecule has 2 aromatic rings. The van der Waals surface area contributed by atoms with Crippen LogP contribution in [-0.4, -0.2) is 22.9 Å². The van der Waals surface area contributed by atoms with Crippen molar-refractivity contribution in [2.45, 2.75) is 5.66 Å². The quantitative estimate of drug-likeness (QED) is 0.513. The first kappa shape index (κ1) is 19.1. The number of hydrogen-bond acceptors (Lipinski definition) is 3. The molecule has 0 bridgehead atoms. The van der Waals surface area contributed by atoms with E-state index in [1.807, 2.05) is 0 Å². The summed E-state index contributed by atoms with van der Waals surface area (Å²) in [6.45, 7) is 0. The lowest BCUT2D eigenvalue weighted by molar-refractivity contribution is -0.113. The van der Waals surface area contributed by atoms with Gasteiger partial charge in [0.05, 0.1) is 11.4 Å². The fraction of sp³-hybridized carbons (Fsp3) is 0.125. The maximum Gasteiger partial charge on any atom is 0.339 e. The summed E-state index contributed by atoms with van der Waals surface area (Å²) in [6, 6.07) is 9.81. The van der Waals surface area contributed by atoms with Crippen LogP contribution in [0.4, 0.5) is 25.8 Å². The Morgan fingerprint density at radius 1 is 1.16 bits per heavy atom. The highest BCUT2D eigenvalue weighted by atomic mass is 35.5. The molecule has 0 heterocycles. The summed E-state index contributed by atoms with van der Waals surface area (Å²) in [5, 5.41) is 14.6. The van der Waals surface area contributed by atoms with Crippen molar-refractivity contribution in [3.8, 4) is 0 Å². The normalized spacial score (nSPS) is 11.0. The topological polar surface area (TPSA) is 78.4 Å². The Hall–Kier alpha value is -2.24. The minimum Gasteiger partial charge on any atom is -0.478 e. The van der Waals surface area contributed by atoms with Crippen LogP contribution in [0.3, 0.4) is 0 Å². The highest BCUT2D eigenvalue weighted by Gasteiger charge is 2.24. The van der Waals surface area contributed by atoms with E-state index in [9.17, 15) is 23.5 Å². The highest BCUT2D eigenvalue weighted by Crippen LogP contribution is 2.36. The molecule has 0 fully saturated rings. The van der Waals surface area contributed by atoms with Crippen molar-refractivity contribution in [1.82, 2.24) is 0 Å². The van der Waals surface area contributed by atoms with Gasteiger partial charge < -0.3 is 15.7 Å². The van der Waals surface area contributed by atoms with E-state index in [0.717, 1.165) is 0 Å².